The normalized spacial score (nSPS) is 14.3. The summed E-state index contributed by atoms with van der Waals surface area (Å²) in [6.45, 7) is 9.44. The molecule has 2 nitrogen and oxygen atoms in total. The molecule has 0 aliphatic heterocycles. The van der Waals surface area contributed by atoms with Crippen LogP contribution in [0.1, 0.15) is 49.9 Å². The summed E-state index contributed by atoms with van der Waals surface area (Å²) in [5.41, 5.74) is 20.2. The summed E-state index contributed by atoms with van der Waals surface area (Å²) < 4.78 is 2.46. The van der Waals surface area contributed by atoms with Gasteiger partial charge in [0.15, 0.2) is 0 Å². The zero-order valence-corrected chi connectivity index (χ0v) is 34.4. The van der Waals surface area contributed by atoms with Crippen molar-refractivity contribution >= 4 is 49.6 Å². The quantitative estimate of drug-likeness (QED) is 0.169. The summed E-state index contributed by atoms with van der Waals surface area (Å²) >= 11 is 0. The zero-order valence-electron chi connectivity index (χ0n) is 34.4. The van der Waals surface area contributed by atoms with Gasteiger partial charge < -0.3 is 9.47 Å². The molecule has 286 valence electrons. The monoisotopic (exact) mass is 768 g/mol. The molecule has 0 unspecified atom stereocenters. The van der Waals surface area contributed by atoms with Crippen LogP contribution in [0.25, 0.3) is 71.6 Å². The molecule has 1 heterocycles. The lowest BCUT2D eigenvalue weighted by molar-refractivity contribution is 0.660. The molecule has 0 amide bonds. The molecule has 2 aliphatic carbocycles. The number of rotatable bonds is 5. The summed E-state index contributed by atoms with van der Waals surface area (Å²) in [5, 5.41) is 5.09. The van der Waals surface area contributed by atoms with Gasteiger partial charge >= 0.3 is 0 Å². The van der Waals surface area contributed by atoms with E-state index in [0.29, 0.717) is 0 Å². The van der Waals surface area contributed by atoms with E-state index in [1.165, 1.54) is 93.9 Å². The maximum Gasteiger partial charge on any atom is 0.0547 e. The second kappa shape index (κ2) is 12.7. The summed E-state index contributed by atoms with van der Waals surface area (Å²) in [7, 11) is 0. The van der Waals surface area contributed by atoms with Gasteiger partial charge in [0.05, 0.1) is 11.0 Å². The Labute approximate surface area is 351 Å². The average Bonchev–Trinajstić information content (AvgIpc) is 3.82. The number of hydrogen-bond donors (Lipinski definition) is 0. The lowest BCUT2D eigenvalue weighted by Gasteiger charge is -2.28. The van der Waals surface area contributed by atoms with E-state index < -0.39 is 0 Å². The molecule has 1 aromatic heterocycles. The van der Waals surface area contributed by atoms with Crippen molar-refractivity contribution in [3.05, 3.63) is 216 Å². The maximum absolute atomic E-state index is 2.46. The van der Waals surface area contributed by atoms with Crippen LogP contribution in [0, 0.1) is 0 Å². The van der Waals surface area contributed by atoms with Crippen molar-refractivity contribution in [3.8, 4) is 39.1 Å². The highest BCUT2D eigenvalue weighted by atomic mass is 15.1. The molecule has 0 fully saturated rings. The Bertz CT molecular complexity index is 3370. The second-order valence-electron chi connectivity index (χ2n) is 17.8. The van der Waals surface area contributed by atoms with Gasteiger partial charge in [-0.25, -0.2) is 0 Å². The second-order valence-corrected chi connectivity index (χ2v) is 17.8. The van der Waals surface area contributed by atoms with E-state index in [1.807, 2.05) is 0 Å². The van der Waals surface area contributed by atoms with Gasteiger partial charge in [0.25, 0.3) is 0 Å². The van der Waals surface area contributed by atoms with Crippen LogP contribution in [0.2, 0.25) is 0 Å². The number of fused-ring (bicyclic) bond motifs is 11. The van der Waals surface area contributed by atoms with Crippen LogP contribution >= 0.6 is 0 Å². The molecule has 2 aliphatic rings. The Morgan fingerprint density at radius 3 is 1.78 bits per heavy atom. The molecule has 9 aromatic carbocycles. The van der Waals surface area contributed by atoms with Gasteiger partial charge in [0, 0.05) is 44.4 Å². The summed E-state index contributed by atoms with van der Waals surface area (Å²) in [6, 6.07) is 72.2. The number of benzene rings is 9. The molecule has 0 atom stereocenters. The summed E-state index contributed by atoms with van der Waals surface area (Å²) in [6.07, 6.45) is 0. The van der Waals surface area contributed by atoms with Crippen LogP contribution < -0.4 is 4.90 Å². The Morgan fingerprint density at radius 2 is 0.983 bits per heavy atom. The molecule has 0 saturated heterocycles. The fourth-order valence-electron chi connectivity index (χ4n) is 10.8. The zero-order chi connectivity index (χ0) is 40.3. The van der Waals surface area contributed by atoms with Crippen LogP contribution in [0.4, 0.5) is 17.1 Å². The molecule has 0 spiro atoms. The van der Waals surface area contributed by atoms with Gasteiger partial charge in [-0.05, 0) is 139 Å². The van der Waals surface area contributed by atoms with Gasteiger partial charge in [0.2, 0.25) is 0 Å². The van der Waals surface area contributed by atoms with Gasteiger partial charge in [-0.15, -0.1) is 0 Å². The largest absolute Gasteiger partial charge is 0.310 e. The van der Waals surface area contributed by atoms with Crippen LogP contribution in [0.15, 0.2) is 194 Å². The fourth-order valence-corrected chi connectivity index (χ4v) is 10.8. The third-order valence-electron chi connectivity index (χ3n) is 13.7. The molecule has 0 bridgehead atoms. The number of aromatic nitrogens is 1. The van der Waals surface area contributed by atoms with Gasteiger partial charge in [-0.2, -0.15) is 0 Å². The Kier molecular flexibility index (Phi) is 7.36. The topological polar surface area (TPSA) is 8.17 Å². The molecule has 0 N–H and O–H groups in total. The predicted octanol–water partition coefficient (Wildman–Crippen LogP) is 15.7. The van der Waals surface area contributed by atoms with Crippen molar-refractivity contribution in [3.63, 3.8) is 0 Å². The number of para-hydroxylation sites is 2. The minimum atomic E-state index is -0.0903. The first-order valence-electron chi connectivity index (χ1n) is 21.2. The van der Waals surface area contributed by atoms with Gasteiger partial charge in [-0.1, -0.05) is 149 Å². The van der Waals surface area contributed by atoms with E-state index in [-0.39, 0.29) is 10.8 Å². The summed E-state index contributed by atoms with van der Waals surface area (Å²) in [5.74, 6) is 0. The SMILES string of the molecule is CC1(C)c2ccccc2-c2ccc(N(c3ccccc3)c3cccc(-c4ccc5c(c4)c4cc6ccc7c(c6cc4n5-c4ccccc4)-c4ccccc4C7(C)C)c3)cc21. The minimum absolute atomic E-state index is 0.0519. The van der Waals surface area contributed by atoms with Gasteiger partial charge in [0.1, 0.15) is 0 Å². The number of nitrogens with zero attached hydrogens (tertiary/aromatic N) is 2. The lowest BCUT2D eigenvalue weighted by atomic mass is 9.82. The minimum Gasteiger partial charge on any atom is -0.310 e. The van der Waals surface area contributed by atoms with E-state index in [9.17, 15) is 0 Å². The highest BCUT2D eigenvalue weighted by Gasteiger charge is 2.37. The Hall–Kier alpha value is -7.16. The summed E-state index contributed by atoms with van der Waals surface area (Å²) in [4.78, 5) is 2.41. The van der Waals surface area contributed by atoms with Crippen LogP contribution in [0.5, 0.6) is 0 Å². The average molecular weight is 769 g/mol. The standard InChI is InChI=1S/C58H44N2/c1-57(2)51-25-14-12-23-46(51)56-47-36-55-49(34-39(47)26-30-52(56)57)48-33-38(27-31-54(48)60(55)41-19-9-6-10-20-41)37-16-15-21-42(32-37)59(40-17-7-5-8-18-40)43-28-29-45-44-22-11-13-24-50(44)58(3,4)53(45)35-43/h5-36H,1-4H3. The van der Waals surface area contributed by atoms with E-state index in [1.54, 1.807) is 0 Å². The van der Waals surface area contributed by atoms with Crippen molar-refractivity contribution in [1.82, 2.24) is 4.57 Å². The predicted molar refractivity (Wildman–Crippen MR) is 254 cm³/mol. The maximum atomic E-state index is 2.46. The van der Waals surface area contributed by atoms with E-state index in [0.717, 1.165) is 17.1 Å². The molecular weight excluding hydrogens is 725 g/mol. The first-order chi connectivity index (χ1) is 29.3. The molecule has 0 radical (unpaired) electrons. The van der Waals surface area contributed by atoms with E-state index >= 15 is 0 Å². The molecule has 12 rings (SSSR count). The third kappa shape index (κ3) is 4.94. The first kappa shape index (κ1) is 34.8. The Balaban J connectivity index is 1.03. The lowest BCUT2D eigenvalue weighted by Crippen LogP contribution is -2.16. The molecule has 0 saturated carbocycles. The highest BCUT2D eigenvalue weighted by Crippen LogP contribution is 2.53. The first-order valence-corrected chi connectivity index (χ1v) is 21.2. The van der Waals surface area contributed by atoms with Crippen LogP contribution in [0.3, 0.4) is 0 Å². The van der Waals surface area contributed by atoms with Crippen molar-refractivity contribution in [2.75, 3.05) is 4.90 Å². The molecule has 10 aromatic rings. The molecule has 60 heavy (non-hydrogen) atoms. The van der Waals surface area contributed by atoms with Crippen LogP contribution in [-0.2, 0) is 10.8 Å². The van der Waals surface area contributed by atoms with E-state index in [2.05, 4.69) is 231 Å². The molecule has 2 heteroatoms. The van der Waals surface area contributed by atoms with Crippen molar-refractivity contribution in [1.29, 1.82) is 0 Å². The highest BCUT2D eigenvalue weighted by molar-refractivity contribution is 6.17. The number of hydrogen-bond acceptors (Lipinski definition) is 1. The smallest absolute Gasteiger partial charge is 0.0547 e. The van der Waals surface area contributed by atoms with Crippen molar-refractivity contribution in [2.24, 2.45) is 0 Å². The van der Waals surface area contributed by atoms with Gasteiger partial charge in [-0.3, -0.25) is 0 Å². The van der Waals surface area contributed by atoms with Crippen LogP contribution in [-0.4, -0.2) is 4.57 Å². The van der Waals surface area contributed by atoms with Crippen molar-refractivity contribution < 1.29 is 0 Å². The Morgan fingerprint density at radius 1 is 0.367 bits per heavy atom. The van der Waals surface area contributed by atoms with Crippen molar-refractivity contribution in [2.45, 2.75) is 38.5 Å². The molecular formula is C58H44N2. The fraction of sp³-hybridized carbons (Fsp3) is 0.103. The third-order valence-corrected chi connectivity index (χ3v) is 13.7. The van der Waals surface area contributed by atoms with E-state index in [4.69, 9.17) is 0 Å². The number of anilines is 3.